The first-order valence-corrected chi connectivity index (χ1v) is 7.28. The molecule has 1 saturated heterocycles. The molecule has 19 heavy (non-hydrogen) atoms. The quantitative estimate of drug-likeness (QED) is 0.888. The first kappa shape index (κ1) is 12.7. The average molecular weight is 257 g/mol. The molecule has 0 spiro atoms. The Morgan fingerprint density at radius 2 is 2.05 bits per heavy atom. The molecule has 0 radical (unpaired) electrons. The topological polar surface area (TPSA) is 45.0 Å². The standard InChI is InChI=1S/C16H23N3/c1-12-10-15-11-14(2-3-16(15)18-12)13-4-7-19(8-5-13)9-6-17/h2-3,10-11,13,18H,4-9,17H2,1H3. The molecule has 0 saturated carbocycles. The lowest BCUT2D eigenvalue weighted by Crippen LogP contribution is -2.36. The van der Waals surface area contributed by atoms with Gasteiger partial charge >= 0.3 is 0 Å². The summed E-state index contributed by atoms with van der Waals surface area (Å²) in [6.07, 6.45) is 2.52. The number of hydrogen-bond acceptors (Lipinski definition) is 2. The second kappa shape index (κ2) is 5.35. The Hall–Kier alpha value is -1.32. The van der Waals surface area contributed by atoms with E-state index in [-0.39, 0.29) is 0 Å². The lowest BCUT2D eigenvalue weighted by molar-refractivity contribution is 0.218. The van der Waals surface area contributed by atoms with Crippen molar-refractivity contribution < 1.29 is 0 Å². The minimum absolute atomic E-state index is 0.716. The molecule has 1 fully saturated rings. The van der Waals surface area contributed by atoms with E-state index in [1.54, 1.807) is 0 Å². The largest absolute Gasteiger partial charge is 0.359 e. The molecular formula is C16H23N3. The van der Waals surface area contributed by atoms with Crippen LogP contribution in [-0.4, -0.2) is 36.1 Å². The molecule has 3 N–H and O–H groups in total. The monoisotopic (exact) mass is 257 g/mol. The lowest BCUT2D eigenvalue weighted by Gasteiger charge is -2.31. The minimum Gasteiger partial charge on any atom is -0.359 e. The van der Waals surface area contributed by atoms with Crippen LogP contribution in [0.15, 0.2) is 24.3 Å². The fourth-order valence-electron chi connectivity index (χ4n) is 3.22. The van der Waals surface area contributed by atoms with Crippen LogP contribution in [-0.2, 0) is 0 Å². The minimum atomic E-state index is 0.716. The summed E-state index contributed by atoms with van der Waals surface area (Å²) >= 11 is 0. The van der Waals surface area contributed by atoms with Crippen LogP contribution in [0.25, 0.3) is 10.9 Å². The highest BCUT2D eigenvalue weighted by atomic mass is 15.1. The highest BCUT2D eigenvalue weighted by Crippen LogP contribution is 2.30. The number of benzene rings is 1. The number of nitrogens with one attached hydrogen (secondary N) is 1. The van der Waals surface area contributed by atoms with Gasteiger partial charge in [-0.15, -0.1) is 0 Å². The van der Waals surface area contributed by atoms with Gasteiger partial charge in [-0.05, 0) is 67.9 Å². The fourth-order valence-corrected chi connectivity index (χ4v) is 3.22. The summed E-state index contributed by atoms with van der Waals surface area (Å²) in [4.78, 5) is 5.87. The molecule has 2 aromatic rings. The third-order valence-electron chi connectivity index (χ3n) is 4.28. The highest BCUT2D eigenvalue weighted by molar-refractivity contribution is 5.81. The summed E-state index contributed by atoms with van der Waals surface area (Å²) in [5, 5.41) is 1.35. The number of nitrogens with zero attached hydrogens (tertiary/aromatic N) is 1. The summed E-state index contributed by atoms with van der Waals surface area (Å²) in [5.41, 5.74) is 9.62. The molecule has 1 aromatic carbocycles. The highest BCUT2D eigenvalue weighted by Gasteiger charge is 2.20. The van der Waals surface area contributed by atoms with Crippen molar-refractivity contribution in [2.24, 2.45) is 5.73 Å². The van der Waals surface area contributed by atoms with E-state index >= 15 is 0 Å². The van der Waals surface area contributed by atoms with Gasteiger partial charge in [-0.1, -0.05) is 6.07 Å². The van der Waals surface area contributed by atoms with Crippen LogP contribution in [0.4, 0.5) is 0 Å². The molecule has 2 heterocycles. The molecular weight excluding hydrogens is 234 g/mol. The number of hydrogen-bond donors (Lipinski definition) is 2. The molecule has 0 bridgehead atoms. The fraction of sp³-hybridized carbons (Fsp3) is 0.500. The first-order chi connectivity index (χ1) is 9.26. The van der Waals surface area contributed by atoms with Crippen molar-refractivity contribution in [3.63, 3.8) is 0 Å². The molecule has 3 rings (SSSR count). The molecule has 0 amide bonds. The summed E-state index contributed by atoms with van der Waals surface area (Å²) in [5.74, 6) is 0.716. The maximum atomic E-state index is 5.62. The normalized spacial score (nSPS) is 18.2. The maximum absolute atomic E-state index is 5.62. The van der Waals surface area contributed by atoms with Crippen LogP contribution in [0.3, 0.4) is 0 Å². The summed E-state index contributed by atoms with van der Waals surface area (Å²) in [6.45, 7) is 6.31. The number of likely N-dealkylation sites (tertiary alicyclic amines) is 1. The molecule has 0 aliphatic carbocycles. The Kier molecular flexibility index (Phi) is 3.58. The van der Waals surface area contributed by atoms with E-state index < -0.39 is 0 Å². The number of aromatic nitrogens is 1. The summed E-state index contributed by atoms with van der Waals surface area (Å²) < 4.78 is 0. The Bertz CT molecular complexity index is 550. The number of nitrogens with two attached hydrogens (primary N) is 1. The van der Waals surface area contributed by atoms with Crippen molar-refractivity contribution in [2.75, 3.05) is 26.2 Å². The van der Waals surface area contributed by atoms with E-state index in [0.717, 1.165) is 13.1 Å². The molecule has 102 valence electrons. The van der Waals surface area contributed by atoms with E-state index in [1.807, 2.05) is 0 Å². The van der Waals surface area contributed by atoms with Gasteiger partial charge in [-0.3, -0.25) is 0 Å². The van der Waals surface area contributed by atoms with Crippen molar-refractivity contribution in [3.05, 3.63) is 35.5 Å². The zero-order valence-electron chi connectivity index (χ0n) is 11.7. The van der Waals surface area contributed by atoms with E-state index in [4.69, 9.17) is 5.73 Å². The third-order valence-corrected chi connectivity index (χ3v) is 4.28. The van der Waals surface area contributed by atoms with Crippen molar-refractivity contribution in [1.29, 1.82) is 0 Å². The van der Waals surface area contributed by atoms with E-state index in [9.17, 15) is 0 Å². The van der Waals surface area contributed by atoms with Gasteiger partial charge in [-0.2, -0.15) is 0 Å². The van der Waals surface area contributed by atoms with E-state index in [1.165, 1.54) is 48.1 Å². The van der Waals surface area contributed by atoms with E-state index in [2.05, 4.69) is 41.1 Å². The van der Waals surface area contributed by atoms with Crippen LogP contribution >= 0.6 is 0 Å². The lowest BCUT2D eigenvalue weighted by atomic mass is 9.89. The van der Waals surface area contributed by atoms with Crippen LogP contribution in [0.5, 0.6) is 0 Å². The van der Waals surface area contributed by atoms with Crippen LogP contribution in [0.2, 0.25) is 0 Å². The van der Waals surface area contributed by atoms with E-state index in [0.29, 0.717) is 5.92 Å². The van der Waals surface area contributed by atoms with Gasteiger partial charge in [0, 0.05) is 24.3 Å². The zero-order chi connectivity index (χ0) is 13.2. The summed E-state index contributed by atoms with van der Waals surface area (Å²) in [7, 11) is 0. The third kappa shape index (κ3) is 2.67. The summed E-state index contributed by atoms with van der Waals surface area (Å²) in [6, 6.07) is 9.12. The van der Waals surface area contributed by atoms with Gasteiger partial charge in [0.05, 0.1) is 0 Å². The SMILES string of the molecule is Cc1cc2cc(C3CCN(CCN)CC3)ccc2[nH]1. The maximum Gasteiger partial charge on any atom is 0.0456 e. The number of aryl methyl sites for hydroxylation is 1. The van der Waals surface area contributed by atoms with Crippen molar-refractivity contribution in [2.45, 2.75) is 25.7 Å². The number of piperidine rings is 1. The molecule has 1 aliphatic heterocycles. The molecule has 1 aliphatic rings. The Morgan fingerprint density at radius 3 is 2.79 bits per heavy atom. The first-order valence-electron chi connectivity index (χ1n) is 7.28. The zero-order valence-corrected chi connectivity index (χ0v) is 11.7. The van der Waals surface area contributed by atoms with Gasteiger partial charge in [0.15, 0.2) is 0 Å². The van der Waals surface area contributed by atoms with Gasteiger partial charge in [0.2, 0.25) is 0 Å². The molecule has 3 heteroatoms. The smallest absolute Gasteiger partial charge is 0.0456 e. The average Bonchev–Trinajstić information content (AvgIpc) is 2.79. The van der Waals surface area contributed by atoms with Crippen LogP contribution in [0.1, 0.15) is 30.0 Å². The van der Waals surface area contributed by atoms with Crippen LogP contribution < -0.4 is 5.73 Å². The molecule has 3 nitrogen and oxygen atoms in total. The van der Waals surface area contributed by atoms with Crippen molar-refractivity contribution in [3.8, 4) is 0 Å². The van der Waals surface area contributed by atoms with Gasteiger partial charge in [0.1, 0.15) is 0 Å². The Labute approximate surface area is 114 Å². The van der Waals surface area contributed by atoms with Gasteiger partial charge < -0.3 is 15.6 Å². The number of rotatable bonds is 3. The van der Waals surface area contributed by atoms with Crippen molar-refractivity contribution in [1.82, 2.24) is 9.88 Å². The Balaban J connectivity index is 1.74. The van der Waals surface area contributed by atoms with Crippen LogP contribution in [0, 0.1) is 6.92 Å². The number of aromatic amines is 1. The predicted molar refractivity (Wildman–Crippen MR) is 80.5 cm³/mol. The molecule has 0 atom stereocenters. The number of H-pyrrole nitrogens is 1. The van der Waals surface area contributed by atoms with Gasteiger partial charge in [-0.25, -0.2) is 0 Å². The second-order valence-corrected chi connectivity index (χ2v) is 5.70. The predicted octanol–water partition coefficient (Wildman–Crippen LogP) is 2.61. The molecule has 0 unspecified atom stereocenters. The molecule has 1 aromatic heterocycles. The second-order valence-electron chi connectivity index (χ2n) is 5.70. The number of fused-ring (bicyclic) bond motifs is 1. The van der Waals surface area contributed by atoms with Crippen molar-refractivity contribution >= 4 is 10.9 Å². The van der Waals surface area contributed by atoms with Gasteiger partial charge in [0.25, 0.3) is 0 Å². The Morgan fingerprint density at radius 1 is 1.26 bits per heavy atom.